The van der Waals surface area contributed by atoms with E-state index in [0.29, 0.717) is 17.4 Å². The number of carbonyl (C=O) groups is 1. The minimum atomic E-state index is -0.233. The highest BCUT2D eigenvalue weighted by atomic mass is 32.2. The molecule has 0 saturated carbocycles. The number of thioether (sulfide) groups is 1. The topological polar surface area (TPSA) is 72.7 Å². The van der Waals surface area contributed by atoms with Crippen molar-refractivity contribution >= 4 is 23.4 Å². The summed E-state index contributed by atoms with van der Waals surface area (Å²) in [5.74, 6) is 0.629. The molecule has 1 N–H and O–H groups in total. The highest BCUT2D eigenvalue weighted by Crippen LogP contribution is 2.16. The molecule has 25 heavy (non-hydrogen) atoms. The number of anilines is 1. The second-order valence-corrected chi connectivity index (χ2v) is 6.73. The number of nitrogens with zero attached hydrogens (tertiary/aromatic N) is 4. The molecule has 6 nitrogen and oxygen atoms in total. The van der Waals surface area contributed by atoms with Crippen molar-refractivity contribution in [2.24, 2.45) is 0 Å². The van der Waals surface area contributed by atoms with Gasteiger partial charge in [-0.2, -0.15) is 0 Å². The maximum Gasteiger partial charge on any atom is 0.274 e. The summed E-state index contributed by atoms with van der Waals surface area (Å²) in [4.78, 5) is 25.2. The van der Waals surface area contributed by atoms with Gasteiger partial charge in [0, 0.05) is 30.3 Å². The maximum absolute atomic E-state index is 12.5. The van der Waals surface area contributed by atoms with Crippen LogP contribution in [0.4, 0.5) is 5.69 Å². The van der Waals surface area contributed by atoms with Gasteiger partial charge in [0.2, 0.25) is 0 Å². The van der Waals surface area contributed by atoms with Gasteiger partial charge in [-0.05, 0) is 36.4 Å². The number of rotatable bonds is 6. The summed E-state index contributed by atoms with van der Waals surface area (Å²) < 4.78 is 1.98. The van der Waals surface area contributed by atoms with Crippen LogP contribution in [-0.4, -0.2) is 31.2 Å². The van der Waals surface area contributed by atoms with Gasteiger partial charge in [0.1, 0.15) is 5.69 Å². The molecule has 1 amide bonds. The highest BCUT2D eigenvalue weighted by Gasteiger charge is 2.11. The third-order valence-electron chi connectivity index (χ3n) is 3.45. The number of imidazole rings is 1. The van der Waals surface area contributed by atoms with Gasteiger partial charge in [-0.25, -0.2) is 15.0 Å². The number of nitrogens with one attached hydrogen (secondary N) is 1. The summed E-state index contributed by atoms with van der Waals surface area (Å²) in [7, 11) is 0. The Morgan fingerprint density at radius 3 is 2.92 bits per heavy atom. The molecule has 0 atom stereocenters. The minimum absolute atomic E-state index is 0.233. The van der Waals surface area contributed by atoms with Crippen molar-refractivity contribution in [3.63, 3.8) is 0 Å². The van der Waals surface area contributed by atoms with Gasteiger partial charge in [-0.1, -0.05) is 30.8 Å². The van der Waals surface area contributed by atoms with Crippen molar-refractivity contribution in [2.75, 3.05) is 11.1 Å². The second kappa shape index (κ2) is 7.94. The molecule has 2 aromatic heterocycles. The van der Waals surface area contributed by atoms with Gasteiger partial charge < -0.3 is 9.88 Å². The number of hydrogen-bond acceptors (Lipinski definition) is 5. The Morgan fingerprint density at radius 2 is 2.16 bits per heavy atom. The van der Waals surface area contributed by atoms with Gasteiger partial charge >= 0.3 is 0 Å². The van der Waals surface area contributed by atoms with Gasteiger partial charge in [0.05, 0.1) is 6.33 Å². The van der Waals surface area contributed by atoms with E-state index in [1.807, 2.05) is 48.9 Å². The number of aryl methyl sites for hydroxylation is 1. The minimum Gasteiger partial charge on any atom is -0.333 e. The number of amides is 1. The summed E-state index contributed by atoms with van der Waals surface area (Å²) in [6, 6.07) is 9.45. The summed E-state index contributed by atoms with van der Waals surface area (Å²) >= 11 is 1.52. The normalized spacial score (nSPS) is 10.6. The number of carbonyl (C=O) groups excluding carboxylic acids is 1. The Labute approximate surface area is 150 Å². The van der Waals surface area contributed by atoms with Crippen LogP contribution in [0.25, 0.3) is 0 Å². The first-order chi connectivity index (χ1) is 12.1. The Kier molecular flexibility index (Phi) is 5.45. The van der Waals surface area contributed by atoms with Gasteiger partial charge in [0.25, 0.3) is 5.91 Å². The Morgan fingerprint density at radius 1 is 1.28 bits per heavy atom. The first-order valence-corrected chi connectivity index (χ1v) is 8.97. The zero-order chi connectivity index (χ0) is 17.6. The van der Waals surface area contributed by atoms with E-state index in [1.165, 1.54) is 11.8 Å². The monoisotopic (exact) mass is 353 g/mol. The predicted molar refractivity (Wildman–Crippen MR) is 98.9 cm³/mol. The highest BCUT2D eigenvalue weighted by molar-refractivity contribution is 7.99. The number of benzene rings is 1. The van der Waals surface area contributed by atoms with Crippen molar-refractivity contribution in [3.8, 4) is 0 Å². The standard InChI is InChI=1S/C18H19N5OS/c1-3-25-18-20-13(2)9-16(22-18)17(24)21-15-6-4-5-14(10-15)11-23-8-7-19-12-23/h4-10,12H,3,11H2,1-2H3,(H,21,24). The molecular formula is C18H19N5OS. The lowest BCUT2D eigenvalue weighted by Gasteiger charge is -2.09. The van der Waals surface area contributed by atoms with E-state index >= 15 is 0 Å². The molecule has 3 rings (SSSR count). The molecule has 0 aliphatic carbocycles. The molecule has 0 saturated heterocycles. The van der Waals surface area contributed by atoms with E-state index in [-0.39, 0.29) is 5.91 Å². The number of hydrogen-bond donors (Lipinski definition) is 1. The second-order valence-electron chi connectivity index (χ2n) is 5.50. The van der Waals surface area contributed by atoms with Crippen LogP contribution >= 0.6 is 11.8 Å². The summed E-state index contributed by atoms with van der Waals surface area (Å²) in [6.07, 6.45) is 5.42. The van der Waals surface area contributed by atoms with Crippen LogP contribution in [0.2, 0.25) is 0 Å². The molecule has 0 bridgehead atoms. The molecule has 7 heteroatoms. The molecule has 3 aromatic rings. The Balaban J connectivity index is 1.74. The van der Waals surface area contributed by atoms with Crippen molar-refractivity contribution in [3.05, 3.63) is 66.0 Å². The fourth-order valence-corrected chi connectivity index (χ4v) is 3.01. The first kappa shape index (κ1) is 17.2. The summed E-state index contributed by atoms with van der Waals surface area (Å²) in [6.45, 7) is 4.60. The fourth-order valence-electron chi connectivity index (χ4n) is 2.38. The molecule has 0 spiro atoms. The lowest BCUT2D eigenvalue weighted by atomic mass is 10.2. The predicted octanol–water partition coefficient (Wildman–Crippen LogP) is 3.39. The largest absolute Gasteiger partial charge is 0.333 e. The van der Waals surface area contributed by atoms with Crippen molar-refractivity contribution < 1.29 is 4.79 Å². The average Bonchev–Trinajstić information content (AvgIpc) is 3.08. The maximum atomic E-state index is 12.5. The van der Waals surface area contributed by atoms with Crippen LogP contribution in [0.15, 0.2) is 54.2 Å². The van der Waals surface area contributed by atoms with Gasteiger partial charge in [-0.15, -0.1) is 0 Å². The molecule has 0 fully saturated rings. The Bertz CT molecular complexity index is 864. The van der Waals surface area contributed by atoms with Crippen molar-refractivity contribution in [1.29, 1.82) is 0 Å². The summed E-state index contributed by atoms with van der Waals surface area (Å²) in [5, 5.41) is 3.54. The van der Waals surface area contributed by atoms with Crippen LogP contribution < -0.4 is 5.32 Å². The van der Waals surface area contributed by atoms with Crippen LogP contribution in [-0.2, 0) is 6.54 Å². The van der Waals surface area contributed by atoms with E-state index in [1.54, 1.807) is 18.6 Å². The Hall–Kier alpha value is -2.67. The van der Waals surface area contributed by atoms with E-state index in [0.717, 1.165) is 22.7 Å². The van der Waals surface area contributed by atoms with E-state index in [4.69, 9.17) is 0 Å². The van der Waals surface area contributed by atoms with E-state index in [2.05, 4.69) is 20.3 Å². The zero-order valence-electron chi connectivity index (χ0n) is 14.1. The SMILES string of the molecule is CCSc1nc(C)cc(C(=O)Nc2cccc(Cn3ccnc3)c2)n1. The van der Waals surface area contributed by atoms with E-state index in [9.17, 15) is 4.79 Å². The van der Waals surface area contributed by atoms with Crippen molar-refractivity contribution in [1.82, 2.24) is 19.5 Å². The number of aromatic nitrogens is 4. The molecule has 0 radical (unpaired) electrons. The quantitative estimate of drug-likeness (QED) is 0.543. The van der Waals surface area contributed by atoms with Gasteiger partial charge in [0.15, 0.2) is 5.16 Å². The molecule has 128 valence electrons. The van der Waals surface area contributed by atoms with Gasteiger partial charge in [-0.3, -0.25) is 4.79 Å². The van der Waals surface area contributed by atoms with E-state index < -0.39 is 0 Å². The molecule has 0 unspecified atom stereocenters. The molecular weight excluding hydrogens is 334 g/mol. The van der Waals surface area contributed by atoms with Crippen LogP contribution in [0.3, 0.4) is 0 Å². The van der Waals surface area contributed by atoms with Crippen molar-refractivity contribution in [2.45, 2.75) is 25.5 Å². The molecule has 2 heterocycles. The zero-order valence-corrected chi connectivity index (χ0v) is 15.0. The molecule has 0 aliphatic heterocycles. The average molecular weight is 353 g/mol. The fraction of sp³-hybridized carbons (Fsp3) is 0.222. The summed E-state index contributed by atoms with van der Waals surface area (Å²) in [5.41, 5.74) is 2.98. The van der Waals surface area contributed by atoms with Crippen LogP contribution in [0, 0.1) is 6.92 Å². The molecule has 0 aliphatic rings. The lowest BCUT2D eigenvalue weighted by molar-refractivity contribution is 0.102. The lowest BCUT2D eigenvalue weighted by Crippen LogP contribution is -2.15. The third kappa shape index (κ3) is 4.67. The third-order valence-corrected chi connectivity index (χ3v) is 4.18. The smallest absolute Gasteiger partial charge is 0.274 e. The van der Waals surface area contributed by atoms with Crippen LogP contribution in [0.1, 0.15) is 28.7 Å². The molecule has 1 aromatic carbocycles. The van der Waals surface area contributed by atoms with Crippen LogP contribution in [0.5, 0.6) is 0 Å². The first-order valence-electron chi connectivity index (χ1n) is 7.98.